The van der Waals surface area contributed by atoms with E-state index in [0.717, 1.165) is 26.8 Å². The molecule has 6 heteroatoms. The number of carbonyl (C=O) groups is 1. The number of benzene rings is 2. The van der Waals surface area contributed by atoms with Gasteiger partial charge < -0.3 is 5.32 Å². The lowest BCUT2D eigenvalue weighted by Crippen LogP contribution is -2.16. The molecule has 0 spiro atoms. The molecule has 0 unspecified atom stereocenters. The molecule has 0 fully saturated rings. The standard InChI is InChI=1S/C21H21FN2OS2/c1-13-8-14(2)20(15(3)9-13)24-19(25)10-17-12-27-21(23-17)26-11-16-6-4-5-7-18(16)22/h4-9,12H,10-11H2,1-3H3,(H,24,25). The predicted octanol–water partition coefficient (Wildman–Crippen LogP) is 5.68. The molecular formula is C21H21FN2OS2. The van der Waals surface area contributed by atoms with Crippen molar-refractivity contribution in [2.24, 2.45) is 0 Å². The second kappa shape index (κ2) is 8.67. The summed E-state index contributed by atoms with van der Waals surface area (Å²) >= 11 is 2.96. The fourth-order valence-corrected chi connectivity index (χ4v) is 4.75. The van der Waals surface area contributed by atoms with Gasteiger partial charge in [-0.25, -0.2) is 9.37 Å². The normalized spacial score (nSPS) is 10.8. The van der Waals surface area contributed by atoms with Crippen LogP contribution in [-0.2, 0) is 17.0 Å². The maximum absolute atomic E-state index is 13.7. The predicted molar refractivity (Wildman–Crippen MR) is 111 cm³/mol. The molecule has 0 bridgehead atoms. The second-order valence-electron chi connectivity index (χ2n) is 6.48. The van der Waals surface area contributed by atoms with Gasteiger partial charge in [-0.1, -0.05) is 47.7 Å². The zero-order valence-electron chi connectivity index (χ0n) is 15.5. The monoisotopic (exact) mass is 400 g/mol. The Bertz CT molecular complexity index is 945. The molecular weight excluding hydrogens is 379 g/mol. The highest BCUT2D eigenvalue weighted by Crippen LogP contribution is 2.27. The molecule has 0 atom stereocenters. The Kier molecular flexibility index (Phi) is 6.29. The zero-order valence-corrected chi connectivity index (χ0v) is 17.1. The molecule has 0 saturated heterocycles. The van der Waals surface area contributed by atoms with Crippen LogP contribution in [0.5, 0.6) is 0 Å². The lowest BCUT2D eigenvalue weighted by molar-refractivity contribution is -0.115. The number of hydrogen-bond acceptors (Lipinski definition) is 4. The van der Waals surface area contributed by atoms with E-state index in [0.29, 0.717) is 11.3 Å². The highest BCUT2D eigenvalue weighted by atomic mass is 32.2. The van der Waals surface area contributed by atoms with Gasteiger partial charge in [0.2, 0.25) is 5.91 Å². The number of thiazole rings is 1. The SMILES string of the molecule is Cc1cc(C)c(NC(=O)Cc2csc(SCc3ccccc3F)n2)c(C)c1. The summed E-state index contributed by atoms with van der Waals surface area (Å²) in [7, 11) is 0. The molecule has 0 aliphatic carbocycles. The van der Waals surface area contributed by atoms with Crippen LogP contribution in [-0.4, -0.2) is 10.9 Å². The molecule has 140 valence electrons. The van der Waals surface area contributed by atoms with E-state index in [1.165, 1.54) is 34.7 Å². The van der Waals surface area contributed by atoms with Crippen LogP contribution in [0.4, 0.5) is 10.1 Å². The molecule has 1 heterocycles. The Morgan fingerprint density at radius 2 is 1.89 bits per heavy atom. The molecule has 3 nitrogen and oxygen atoms in total. The molecule has 0 aliphatic rings. The minimum absolute atomic E-state index is 0.0824. The number of aryl methyl sites for hydroxylation is 3. The van der Waals surface area contributed by atoms with Gasteiger partial charge in [-0.15, -0.1) is 11.3 Å². The molecule has 1 aromatic heterocycles. The third-order valence-electron chi connectivity index (χ3n) is 4.12. The van der Waals surface area contributed by atoms with Crippen LogP contribution in [0.25, 0.3) is 0 Å². The summed E-state index contributed by atoms with van der Waals surface area (Å²) in [6.07, 6.45) is 0.226. The van der Waals surface area contributed by atoms with Crippen LogP contribution in [0, 0.1) is 26.6 Å². The Balaban J connectivity index is 1.59. The molecule has 1 amide bonds. The number of hydrogen-bond donors (Lipinski definition) is 1. The number of amides is 1. The van der Waals surface area contributed by atoms with E-state index in [9.17, 15) is 9.18 Å². The number of nitrogens with zero attached hydrogens (tertiary/aromatic N) is 1. The Morgan fingerprint density at radius 3 is 2.59 bits per heavy atom. The molecule has 27 heavy (non-hydrogen) atoms. The van der Waals surface area contributed by atoms with Crippen molar-refractivity contribution in [3.63, 3.8) is 0 Å². The average Bonchev–Trinajstić information content (AvgIpc) is 3.04. The van der Waals surface area contributed by atoms with Crippen molar-refractivity contribution in [3.05, 3.63) is 75.5 Å². The van der Waals surface area contributed by atoms with Gasteiger partial charge in [-0.05, 0) is 43.5 Å². The van der Waals surface area contributed by atoms with Gasteiger partial charge in [-0.2, -0.15) is 0 Å². The number of thioether (sulfide) groups is 1. The van der Waals surface area contributed by atoms with Gasteiger partial charge in [0.1, 0.15) is 10.2 Å². The van der Waals surface area contributed by atoms with Crippen molar-refractivity contribution in [2.75, 3.05) is 5.32 Å². The van der Waals surface area contributed by atoms with Crippen LogP contribution in [0.3, 0.4) is 0 Å². The second-order valence-corrected chi connectivity index (χ2v) is 8.56. The first-order chi connectivity index (χ1) is 12.9. The van der Waals surface area contributed by atoms with Crippen molar-refractivity contribution >= 4 is 34.7 Å². The van der Waals surface area contributed by atoms with Gasteiger partial charge in [0.25, 0.3) is 0 Å². The molecule has 0 aliphatic heterocycles. The summed E-state index contributed by atoms with van der Waals surface area (Å²) in [6, 6.07) is 10.9. The van der Waals surface area contributed by atoms with Gasteiger partial charge in [0.05, 0.1) is 12.1 Å². The van der Waals surface area contributed by atoms with Crippen LogP contribution < -0.4 is 5.32 Å². The van der Waals surface area contributed by atoms with E-state index in [-0.39, 0.29) is 18.1 Å². The third kappa shape index (κ3) is 5.17. The molecule has 2 aromatic carbocycles. The fraction of sp³-hybridized carbons (Fsp3) is 0.238. The van der Waals surface area contributed by atoms with Gasteiger partial charge >= 0.3 is 0 Å². The summed E-state index contributed by atoms with van der Waals surface area (Å²) in [6.45, 7) is 6.03. The summed E-state index contributed by atoms with van der Waals surface area (Å²) in [5.74, 6) is 0.235. The van der Waals surface area contributed by atoms with Gasteiger partial charge in [0.15, 0.2) is 0 Å². The quantitative estimate of drug-likeness (QED) is 0.541. The van der Waals surface area contributed by atoms with Crippen LogP contribution in [0.1, 0.15) is 27.9 Å². The summed E-state index contributed by atoms with van der Waals surface area (Å²) < 4.78 is 14.5. The molecule has 1 N–H and O–H groups in total. The average molecular weight is 401 g/mol. The Labute approximate surface area is 167 Å². The maximum atomic E-state index is 13.7. The largest absolute Gasteiger partial charge is 0.325 e. The minimum atomic E-state index is -0.204. The summed E-state index contributed by atoms with van der Waals surface area (Å²) in [5.41, 5.74) is 5.55. The lowest BCUT2D eigenvalue weighted by Gasteiger charge is -2.12. The molecule has 3 aromatic rings. The Morgan fingerprint density at radius 1 is 1.19 bits per heavy atom. The van der Waals surface area contributed by atoms with Crippen molar-refractivity contribution in [1.29, 1.82) is 0 Å². The number of rotatable bonds is 6. The molecule has 3 rings (SSSR count). The van der Waals surface area contributed by atoms with Crippen LogP contribution in [0.2, 0.25) is 0 Å². The molecule has 0 saturated carbocycles. The van der Waals surface area contributed by atoms with E-state index in [2.05, 4.69) is 22.4 Å². The van der Waals surface area contributed by atoms with Gasteiger partial charge in [0, 0.05) is 16.8 Å². The minimum Gasteiger partial charge on any atom is -0.325 e. The topological polar surface area (TPSA) is 42.0 Å². The number of carbonyl (C=O) groups excluding carboxylic acids is 1. The van der Waals surface area contributed by atoms with Gasteiger partial charge in [-0.3, -0.25) is 4.79 Å². The van der Waals surface area contributed by atoms with Crippen molar-refractivity contribution in [2.45, 2.75) is 37.3 Å². The lowest BCUT2D eigenvalue weighted by atomic mass is 10.0. The first kappa shape index (κ1) is 19.6. The smallest absolute Gasteiger partial charge is 0.230 e. The number of aromatic nitrogens is 1. The summed E-state index contributed by atoms with van der Waals surface area (Å²) in [4.78, 5) is 16.9. The van der Waals surface area contributed by atoms with Crippen LogP contribution >= 0.6 is 23.1 Å². The zero-order chi connectivity index (χ0) is 19.4. The first-order valence-corrected chi connectivity index (χ1v) is 10.5. The highest BCUT2D eigenvalue weighted by Gasteiger charge is 2.12. The van der Waals surface area contributed by atoms with E-state index >= 15 is 0 Å². The highest BCUT2D eigenvalue weighted by molar-refractivity contribution is 8.00. The number of anilines is 1. The molecule has 0 radical (unpaired) electrons. The van der Waals surface area contributed by atoms with Crippen molar-refractivity contribution in [3.8, 4) is 0 Å². The number of nitrogens with one attached hydrogen (secondary N) is 1. The van der Waals surface area contributed by atoms with Crippen molar-refractivity contribution in [1.82, 2.24) is 4.98 Å². The van der Waals surface area contributed by atoms with Crippen LogP contribution in [0.15, 0.2) is 46.1 Å². The Hall–Kier alpha value is -2.18. The first-order valence-electron chi connectivity index (χ1n) is 8.60. The number of halogens is 1. The van der Waals surface area contributed by atoms with E-state index in [1.54, 1.807) is 12.1 Å². The van der Waals surface area contributed by atoms with E-state index in [1.807, 2.05) is 32.2 Å². The third-order valence-corrected chi connectivity index (χ3v) is 6.24. The van der Waals surface area contributed by atoms with E-state index < -0.39 is 0 Å². The fourth-order valence-electron chi connectivity index (χ4n) is 2.92. The van der Waals surface area contributed by atoms with E-state index in [4.69, 9.17) is 0 Å². The van der Waals surface area contributed by atoms with Crippen molar-refractivity contribution < 1.29 is 9.18 Å². The summed E-state index contributed by atoms with van der Waals surface area (Å²) in [5, 5.41) is 4.89. The maximum Gasteiger partial charge on any atom is 0.230 e.